The van der Waals surface area contributed by atoms with E-state index in [0.717, 1.165) is 0 Å². The first kappa shape index (κ1) is 11.8. The number of carbonyl (C=O) groups is 1. The maximum absolute atomic E-state index is 10.6. The molecule has 0 heterocycles. The fraction of sp³-hybridized carbons (Fsp3) is 0.222. The molecule has 0 aliphatic rings. The predicted molar refractivity (Wildman–Crippen MR) is 56.4 cm³/mol. The maximum Gasteiger partial charge on any atom is 0.337 e. The zero-order valence-electron chi connectivity index (χ0n) is 7.77. The molecule has 5 N–H and O–H groups in total. The Morgan fingerprint density at radius 2 is 2.27 bits per heavy atom. The van der Waals surface area contributed by atoms with E-state index in [4.69, 9.17) is 22.6 Å². The topological polar surface area (TPSA) is 95.6 Å². The Morgan fingerprint density at radius 1 is 1.60 bits per heavy atom. The lowest BCUT2D eigenvalue weighted by Gasteiger charge is -2.12. The lowest BCUT2D eigenvalue weighted by atomic mass is 10.0. The van der Waals surface area contributed by atoms with Gasteiger partial charge < -0.3 is 15.6 Å². The highest BCUT2D eigenvalue weighted by Crippen LogP contribution is 2.24. The number of halogens is 1. The van der Waals surface area contributed by atoms with Crippen LogP contribution in [0.4, 0.5) is 5.69 Å². The molecular formula is C9H11ClN2O3. The van der Waals surface area contributed by atoms with Crippen LogP contribution in [0.15, 0.2) is 18.2 Å². The van der Waals surface area contributed by atoms with E-state index >= 15 is 0 Å². The largest absolute Gasteiger partial charge is 0.479 e. The Morgan fingerprint density at radius 3 is 2.73 bits per heavy atom. The standard InChI is InChI=1S/C9H11ClN2O3/c10-4-5-1-2-7(12-11)6(3-5)8(13)9(14)15/h1-3,8,12-13H,4,11H2,(H,14,15). The van der Waals surface area contributed by atoms with Crippen molar-refractivity contribution in [2.45, 2.75) is 12.0 Å². The number of aliphatic hydroxyl groups excluding tert-OH is 1. The van der Waals surface area contributed by atoms with Gasteiger partial charge in [0.15, 0.2) is 6.10 Å². The molecule has 0 fully saturated rings. The Balaban J connectivity index is 3.16. The molecule has 5 nitrogen and oxygen atoms in total. The van der Waals surface area contributed by atoms with Gasteiger partial charge in [-0.05, 0) is 17.7 Å². The van der Waals surface area contributed by atoms with Crippen molar-refractivity contribution >= 4 is 23.3 Å². The lowest BCUT2D eigenvalue weighted by Crippen LogP contribution is -2.16. The van der Waals surface area contributed by atoms with Crippen LogP contribution in [-0.4, -0.2) is 16.2 Å². The second-order valence-electron chi connectivity index (χ2n) is 2.94. The predicted octanol–water partition coefficient (Wildman–Crippen LogP) is 0.829. The minimum atomic E-state index is -1.61. The lowest BCUT2D eigenvalue weighted by molar-refractivity contribution is -0.146. The molecule has 0 saturated heterocycles. The van der Waals surface area contributed by atoms with E-state index in [1.165, 1.54) is 6.07 Å². The molecule has 0 bridgehead atoms. The molecule has 0 radical (unpaired) electrons. The SMILES string of the molecule is NNc1ccc(CCl)cc1C(O)C(=O)O. The molecule has 1 atom stereocenters. The van der Waals surface area contributed by atoms with Gasteiger partial charge in [0.2, 0.25) is 0 Å². The van der Waals surface area contributed by atoms with E-state index < -0.39 is 12.1 Å². The summed E-state index contributed by atoms with van der Waals surface area (Å²) < 4.78 is 0. The normalized spacial score (nSPS) is 12.2. The number of hydrogen-bond donors (Lipinski definition) is 4. The minimum absolute atomic E-state index is 0.197. The third-order valence-corrected chi connectivity index (χ3v) is 2.26. The number of carboxylic acids is 1. The highest BCUT2D eigenvalue weighted by molar-refractivity contribution is 6.17. The number of nitrogen functional groups attached to an aromatic ring is 1. The van der Waals surface area contributed by atoms with E-state index in [1.54, 1.807) is 12.1 Å². The molecule has 1 aromatic carbocycles. The molecular weight excluding hydrogens is 220 g/mol. The van der Waals surface area contributed by atoms with Crippen molar-refractivity contribution in [1.82, 2.24) is 0 Å². The molecule has 6 heteroatoms. The van der Waals surface area contributed by atoms with Crippen LogP contribution in [-0.2, 0) is 10.7 Å². The van der Waals surface area contributed by atoms with Crippen LogP contribution in [0.1, 0.15) is 17.2 Å². The van der Waals surface area contributed by atoms with Crippen molar-refractivity contribution in [2.75, 3.05) is 5.43 Å². The van der Waals surface area contributed by atoms with Gasteiger partial charge in [0.25, 0.3) is 0 Å². The zero-order chi connectivity index (χ0) is 11.4. The summed E-state index contributed by atoms with van der Waals surface area (Å²) in [5.74, 6) is 4.10. The van der Waals surface area contributed by atoms with Crippen molar-refractivity contribution in [2.24, 2.45) is 5.84 Å². The Labute approximate surface area is 91.4 Å². The summed E-state index contributed by atoms with van der Waals surface area (Å²) in [5.41, 5.74) is 3.59. The number of nitrogens with two attached hydrogens (primary N) is 1. The second kappa shape index (κ2) is 4.97. The summed E-state index contributed by atoms with van der Waals surface area (Å²) >= 11 is 5.60. The van der Waals surface area contributed by atoms with Crippen LogP contribution in [0.25, 0.3) is 0 Å². The highest BCUT2D eigenvalue weighted by atomic mass is 35.5. The third kappa shape index (κ3) is 2.59. The van der Waals surface area contributed by atoms with Crippen molar-refractivity contribution in [3.05, 3.63) is 29.3 Å². The fourth-order valence-electron chi connectivity index (χ4n) is 1.19. The van der Waals surface area contributed by atoms with Crippen LogP contribution in [0.3, 0.4) is 0 Å². The van der Waals surface area contributed by atoms with Gasteiger partial charge in [0.1, 0.15) is 0 Å². The molecule has 0 aliphatic heterocycles. The monoisotopic (exact) mass is 230 g/mol. The number of hydrazine groups is 1. The molecule has 1 unspecified atom stereocenters. The van der Waals surface area contributed by atoms with Gasteiger partial charge in [0, 0.05) is 11.4 Å². The Bertz CT molecular complexity index is 370. The van der Waals surface area contributed by atoms with Crippen LogP contribution >= 0.6 is 11.6 Å². The van der Waals surface area contributed by atoms with Gasteiger partial charge in [-0.3, -0.25) is 5.84 Å². The van der Waals surface area contributed by atoms with Gasteiger partial charge in [0.05, 0.1) is 5.69 Å². The summed E-state index contributed by atoms with van der Waals surface area (Å²) in [7, 11) is 0. The number of nitrogens with one attached hydrogen (secondary N) is 1. The first-order chi connectivity index (χ1) is 7.10. The van der Waals surface area contributed by atoms with E-state index in [9.17, 15) is 9.90 Å². The quantitative estimate of drug-likeness (QED) is 0.349. The molecule has 0 aliphatic carbocycles. The van der Waals surface area contributed by atoms with Crippen LogP contribution in [0.2, 0.25) is 0 Å². The van der Waals surface area contributed by atoms with Gasteiger partial charge in [-0.2, -0.15) is 0 Å². The van der Waals surface area contributed by atoms with Crippen LogP contribution in [0.5, 0.6) is 0 Å². The van der Waals surface area contributed by atoms with E-state index in [1.807, 2.05) is 0 Å². The number of hydrogen-bond acceptors (Lipinski definition) is 4. The average Bonchev–Trinajstić information content (AvgIpc) is 2.27. The van der Waals surface area contributed by atoms with Crippen LogP contribution in [0, 0.1) is 0 Å². The molecule has 1 aromatic rings. The number of aliphatic hydroxyl groups is 1. The van der Waals surface area contributed by atoms with Gasteiger partial charge in [-0.25, -0.2) is 4.79 Å². The maximum atomic E-state index is 10.6. The summed E-state index contributed by atoms with van der Waals surface area (Å²) in [6, 6.07) is 4.76. The van der Waals surface area contributed by atoms with Gasteiger partial charge in [-0.1, -0.05) is 6.07 Å². The van der Waals surface area contributed by atoms with Crippen molar-refractivity contribution < 1.29 is 15.0 Å². The summed E-state index contributed by atoms with van der Waals surface area (Å²) in [5, 5.41) is 18.1. The average molecular weight is 231 g/mol. The molecule has 82 valence electrons. The summed E-state index contributed by atoms with van der Waals surface area (Å²) in [6.45, 7) is 0. The number of aliphatic carboxylic acids is 1. The van der Waals surface area contributed by atoms with E-state index in [2.05, 4.69) is 5.43 Å². The number of alkyl halides is 1. The molecule has 15 heavy (non-hydrogen) atoms. The van der Waals surface area contributed by atoms with Crippen molar-refractivity contribution in [1.29, 1.82) is 0 Å². The van der Waals surface area contributed by atoms with Crippen LogP contribution < -0.4 is 11.3 Å². The second-order valence-corrected chi connectivity index (χ2v) is 3.21. The summed E-state index contributed by atoms with van der Waals surface area (Å²) in [4.78, 5) is 10.6. The number of carboxylic acid groups (broad SMARTS) is 1. The molecule has 0 saturated carbocycles. The molecule has 1 rings (SSSR count). The van der Waals surface area contributed by atoms with E-state index in [-0.39, 0.29) is 11.4 Å². The number of anilines is 1. The Kier molecular flexibility index (Phi) is 3.90. The number of benzene rings is 1. The first-order valence-corrected chi connectivity index (χ1v) is 4.70. The zero-order valence-corrected chi connectivity index (χ0v) is 8.53. The highest BCUT2D eigenvalue weighted by Gasteiger charge is 2.19. The smallest absolute Gasteiger partial charge is 0.337 e. The summed E-state index contributed by atoms with van der Waals surface area (Å²) in [6.07, 6.45) is -1.61. The molecule has 0 aromatic heterocycles. The number of rotatable bonds is 4. The molecule has 0 spiro atoms. The minimum Gasteiger partial charge on any atom is -0.479 e. The fourth-order valence-corrected chi connectivity index (χ4v) is 1.35. The van der Waals surface area contributed by atoms with Gasteiger partial charge in [-0.15, -0.1) is 11.6 Å². The third-order valence-electron chi connectivity index (χ3n) is 1.95. The first-order valence-electron chi connectivity index (χ1n) is 4.16. The van der Waals surface area contributed by atoms with Gasteiger partial charge >= 0.3 is 5.97 Å². The Hall–Kier alpha value is -1.30. The molecule has 0 amide bonds. The van der Waals surface area contributed by atoms with Crippen molar-refractivity contribution in [3.63, 3.8) is 0 Å². The van der Waals surface area contributed by atoms with E-state index in [0.29, 0.717) is 11.3 Å². The van der Waals surface area contributed by atoms with Crippen molar-refractivity contribution in [3.8, 4) is 0 Å².